The normalized spacial score (nSPS) is 24.6. The van der Waals surface area contributed by atoms with Gasteiger partial charge in [-0.2, -0.15) is 0 Å². The number of ether oxygens (including phenoxy) is 2. The van der Waals surface area contributed by atoms with E-state index in [1.807, 2.05) is 6.92 Å². The Bertz CT molecular complexity index is 404. The van der Waals surface area contributed by atoms with Gasteiger partial charge in [-0.05, 0) is 44.0 Å². The zero-order valence-electron chi connectivity index (χ0n) is 13.6. The third-order valence-electron chi connectivity index (χ3n) is 4.10. The van der Waals surface area contributed by atoms with Crippen LogP contribution in [0.15, 0.2) is 24.3 Å². The number of rotatable bonds is 9. The van der Waals surface area contributed by atoms with Gasteiger partial charge in [0, 0.05) is 19.1 Å². The molecule has 0 spiro atoms. The first kappa shape index (κ1) is 16.3. The van der Waals surface area contributed by atoms with Gasteiger partial charge in [0.25, 0.3) is 0 Å². The quantitative estimate of drug-likeness (QED) is 0.754. The highest BCUT2D eigenvalue weighted by atomic mass is 16.5. The Kier molecular flexibility index (Phi) is 6.52. The van der Waals surface area contributed by atoms with Gasteiger partial charge < -0.3 is 14.8 Å². The Labute approximate surface area is 129 Å². The summed E-state index contributed by atoms with van der Waals surface area (Å²) in [5.41, 5.74) is 1.39. The van der Waals surface area contributed by atoms with Gasteiger partial charge >= 0.3 is 0 Å². The van der Waals surface area contributed by atoms with Crippen molar-refractivity contribution in [2.75, 3.05) is 13.2 Å². The summed E-state index contributed by atoms with van der Waals surface area (Å²) in [6.45, 7) is 8.12. The van der Waals surface area contributed by atoms with Gasteiger partial charge in [0.05, 0.1) is 0 Å². The largest absolute Gasteiger partial charge is 0.488 e. The molecular formula is C18H29NO2. The third-order valence-corrected chi connectivity index (χ3v) is 4.10. The topological polar surface area (TPSA) is 30.5 Å². The highest BCUT2D eigenvalue weighted by Crippen LogP contribution is 2.29. The monoisotopic (exact) mass is 291 g/mol. The van der Waals surface area contributed by atoms with E-state index in [4.69, 9.17) is 9.47 Å². The van der Waals surface area contributed by atoms with E-state index in [9.17, 15) is 0 Å². The van der Waals surface area contributed by atoms with Crippen LogP contribution < -0.4 is 10.1 Å². The molecule has 3 atom stereocenters. The van der Waals surface area contributed by atoms with E-state index in [0.29, 0.717) is 6.04 Å². The maximum Gasteiger partial charge on any atom is 0.128 e. The fourth-order valence-corrected chi connectivity index (χ4v) is 2.86. The number of likely N-dealkylation sites (N-methyl/N-ethyl adjacent to an activating group) is 1. The SMILES string of the molecule is CCCCc1ccc(OC2CC(NCC)C2OCC)cc1. The highest BCUT2D eigenvalue weighted by Gasteiger charge is 2.43. The summed E-state index contributed by atoms with van der Waals surface area (Å²) in [6.07, 6.45) is 5.02. The zero-order chi connectivity index (χ0) is 15.1. The number of unbranched alkanes of at least 4 members (excludes halogenated alkanes) is 1. The van der Waals surface area contributed by atoms with Gasteiger partial charge in [-0.25, -0.2) is 0 Å². The lowest BCUT2D eigenvalue weighted by Crippen LogP contribution is -2.61. The molecule has 0 amide bonds. The van der Waals surface area contributed by atoms with Crippen molar-refractivity contribution in [2.24, 2.45) is 0 Å². The number of hydrogen-bond donors (Lipinski definition) is 1. The molecule has 1 saturated carbocycles. The number of hydrogen-bond acceptors (Lipinski definition) is 3. The van der Waals surface area contributed by atoms with Crippen LogP contribution in [0.4, 0.5) is 0 Å². The van der Waals surface area contributed by atoms with Gasteiger partial charge in [0.15, 0.2) is 0 Å². The van der Waals surface area contributed by atoms with E-state index in [-0.39, 0.29) is 12.2 Å². The Morgan fingerprint density at radius 2 is 1.90 bits per heavy atom. The van der Waals surface area contributed by atoms with Gasteiger partial charge in [0.2, 0.25) is 0 Å². The van der Waals surface area contributed by atoms with Gasteiger partial charge in [-0.1, -0.05) is 32.4 Å². The van der Waals surface area contributed by atoms with Crippen LogP contribution in [0.1, 0.15) is 45.6 Å². The van der Waals surface area contributed by atoms with Crippen LogP contribution >= 0.6 is 0 Å². The molecule has 21 heavy (non-hydrogen) atoms. The van der Waals surface area contributed by atoms with Crippen molar-refractivity contribution >= 4 is 0 Å². The number of benzene rings is 1. The van der Waals surface area contributed by atoms with E-state index >= 15 is 0 Å². The van der Waals surface area contributed by atoms with Crippen molar-refractivity contribution in [1.82, 2.24) is 5.32 Å². The van der Waals surface area contributed by atoms with Crippen molar-refractivity contribution in [3.05, 3.63) is 29.8 Å². The van der Waals surface area contributed by atoms with Gasteiger partial charge in [0.1, 0.15) is 18.0 Å². The lowest BCUT2D eigenvalue weighted by molar-refractivity contribution is -0.104. The lowest BCUT2D eigenvalue weighted by Gasteiger charge is -2.44. The predicted molar refractivity (Wildman–Crippen MR) is 87.0 cm³/mol. The summed E-state index contributed by atoms with van der Waals surface area (Å²) in [6, 6.07) is 8.98. The van der Waals surface area contributed by atoms with Crippen LogP contribution in [0.25, 0.3) is 0 Å². The van der Waals surface area contributed by atoms with Crippen molar-refractivity contribution in [3.8, 4) is 5.75 Å². The second-order valence-electron chi connectivity index (χ2n) is 5.72. The van der Waals surface area contributed by atoms with Crippen LogP contribution in [0.2, 0.25) is 0 Å². The molecule has 3 unspecified atom stereocenters. The van der Waals surface area contributed by atoms with Gasteiger partial charge in [-0.15, -0.1) is 0 Å². The standard InChI is InChI=1S/C18H29NO2/c1-4-7-8-14-9-11-15(12-10-14)21-17-13-16(19-5-2)18(17)20-6-3/h9-12,16-19H,4-8,13H2,1-3H3. The molecular weight excluding hydrogens is 262 g/mol. The third kappa shape index (κ3) is 4.45. The fraction of sp³-hybridized carbons (Fsp3) is 0.667. The summed E-state index contributed by atoms with van der Waals surface area (Å²) in [5, 5.41) is 3.46. The van der Waals surface area contributed by atoms with E-state index in [1.165, 1.54) is 18.4 Å². The summed E-state index contributed by atoms with van der Waals surface area (Å²) in [4.78, 5) is 0. The predicted octanol–water partition coefficient (Wildman–Crippen LogP) is 3.56. The van der Waals surface area contributed by atoms with Crippen molar-refractivity contribution in [1.29, 1.82) is 0 Å². The Hall–Kier alpha value is -1.06. The maximum absolute atomic E-state index is 6.09. The minimum Gasteiger partial charge on any atom is -0.488 e. The Morgan fingerprint density at radius 1 is 1.14 bits per heavy atom. The first-order valence-corrected chi connectivity index (χ1v) is 8.39. The molecule has 0 aliphatic heterocycles. The van der Waals surface area contributed by atoms with Crippen LogP contribution in [-0.2, 0) is 11.2 Å². The average molecular weight is 291 g/mol. The van der Waals surface area contributed by atoms with Crippen molar-refractivity contribution in [3.63, 3.8) is 0 Å². The molecule has 118 valence electrons. The van der Waals surface area contributed by atoms with Gasteiger partial charge in [-0.3, -0.25) is 0 Å². The lowest BCUT2D eigenvalue weighted by atomic mass is 9.85. The molecule has 1 fully saturated rings. The molecule has 1 aliphatic carbocycles. The summed E-state index contributed by atoms with van der Waals surface area (Å²) < 4.78 is 11.9. The average Bonchev–Trinajstić information content (AvgIpc) is 2.51. The molecule has 1 N–H and O–H groups in total. The fourth-order valence-electron chi connectivity index (χ4n) is 2.86. The molecule has 1 aromatic carbocycles. The summed E-state index contributed by atoms with van der Waals surface area (Å²) in [7, 11) is 0. The van der Waals surface area contributed by atoms with Crippen LogP contribution in [0, 0.1) is 0 Å². The molecule has 3 heteroatoms. The van der Waals surface area contributed by atoms with Crippen LogP contribution in [0.5, 0.6) is 5.75 Å². The molecule has 0 saturated heterocycles. The smallest absolute Gasteiger partial charge is 0.128 e. The summed E-state index contributed by atoms with van der Waals surface area (Å²) in [5.74, 6) is 0.958. The highest BCUT2D eigenvalue weighted by molar-refractivity contribution is 5.28. The summed E-state index contributed by atoms with van der Waals surface area (Å²) >= 11 is 0. The second-order valence-corrected chi connectivity index (χ2v) is 5.72. The van der Waals surface area contributed by atoms with Crippen LogP contribution in [0.3, 0.4) is 0 Å². The molecule has 0 radical (unpaired) electrons. The van der Waals surface area contributed by atoms with Crippen molar-refractivity contribution < 1.29 is 9.47 Å². The molecule has 0 bridgehead atoms. The molecule has 0 aromatic heterocycles. The maximum atomic E-state index is 6.09. The van der Waals surface area contributed by atoms with E-state index in [1.54, 1.807) is 0 Å². The van der Waals surface area contributed by atoms with Crippen LogP contribution in [-0.4, -0.2) is 31.4 Å². The molecule has 0 heterocycles. The number of nitrogens with one attached hydrogen (secondary N) is 1. The molecule has 3 nitrogen and oxygen atoms in total. The van der Waals surface area contributed by atoms with Crippen molar-refractivity contribution in [2.45, 2.75) is 64.7 Å². The first-order chi connectivity index (χ1) is 10.3. The molecule has 1 aliphatic rings. The molecule has 1 aromatic rings. The number of aryl methyl sites for hydroxylation is 1. The van der Waals surface area contributed by atoms with E-state index in [0.717, 1.165) is 31.7 Å². The minimum absolute atomic E-state index is 0.176. The van der Waals surface area contributed by atoms with E-state index in [2.05, 4.69) is 43.4 Å². The first-order valence-electron chi connectivity index (χ1n) is 8.39. The Balaban J connectivity index is 1.86. The zero-order valence-corrected chi connectivity index (χ0v) is 13.6. The molecule has 2 rings (SSSR count). The minimum atomic E-state index is 0.176. The Morgan fingerprint density at radius 3 is 2.52 bits per heavy atom. The van der Waals surface area contributed by atoms with E-state index < -0.39 is 0 Å². The second kappa shape index (κ2) is 8.40.